The second-order valence-electron chi connectivity index (χ2n) is 8.49. The molecule has 0 aliphatic carbocycles. The van der Waals surface area contributed by atoms with Gasteiger partial charge in [-0.1, -0.05) is 6.07 Å². The van der Waals surface area contributed by atoms with Crippen LogP contribution in [0.25, 0.3) is 22.2 Å². The molecule has 2 aliphatic rings. The summed E-state index contributed by atoms with van der Waals surface area (Å²) in [5.41, 5.74) is 4.13. The number of piperidine rings is 1. The van der Waals surface area contributed by atoms with E-state index in [2.05, 4.69) is 21.0 Å². The van der Waals surface area contributed by atoms with Gasteiger partial charge in [-0.3, -0.25) is 14.6 Å². The molecule has 4 aromatic rings. The SMILES string of the molecule is O=C(c1cc2cccnc2[nH]1)N1C[C@@H]2C[C@H](C1)c1cc(-c3cccnc3)cc(=O)n1C2. The molecule has 0 saturated carbocycles. The molecule has 7 nitrogen and oxygen atoms in total. The molecule has 31 heavy (non-hydrogen) atoms. The molecule has 2 atom stereocenters. The zero-order valence-corrected chi connectivity index (χ0v) is 16.9. The predicted octanol–water partition coefficient (Wildman–Crippen LogP) is 3.05. The molecule has 6 heterocycles. The maximum Gasteiger partial charge on any atom is 0.270 e. The number of H-pyrrole nitrogens is 1. The highest BCUT2D eigenvalue weighted by molar-refractivity contribution is 5.97. The second kappa shape index (κ2) is 6.91. The summed E-state index contributed by atoms with van der Waals surface area (Å²) in [5, 5.41) is 0.932. The van der Waals surface area contributed by atoms with E-state index in [0.717, 1.165) is 34.3 Å². The van der Waals surface area contributed by atoms with E-state index in [1.54, 1.807) is 24.7 Å². The van der Waals surface area contributed by atoms with Gasteiger partial charge in [-0.05, 0) is 48.2 Å². The van der Waals surface area contributed by atoms with E-state index < -0.39 is 0 Å². The molecule has 1 fully saturated rings. The van der Waals surface area contributed by atoms with E-state index in [4.69, 9.17) is 0 Å². The van der Waals surface area contributed by atoms with Crippen molar-refractivity contribution in [2.45, 2.75) is 18.9 Å². The number of likely N-dealkylation sites (tertiary alicyclic amines) is 1. The number of rotatable bonds is 2. The number of hydrogen-bond acceptors (Lipinski definition) is 4. The van der Waals surface area contributed by atoms with Crippen molar-refractivity contribution in [2.24, 2.45) is 5.92 Å². The summed E-state index contributed by atoms with van der Waals surface area (Å²) in [7, 11) is 0. The highest BCUT2D eigenvalue weighted by Gasteiger charge is 2.37. The zero-order valence-electron chi connectivity index (χ0n) is 16.9. The summed E-state index contributed by atoms with van der Waals surface area (Å²) in [6.07, 6.45) is 6.21. The van der Waals surface area contributed by atoms with Gasteiger partial charge in [0.2, 0.25) is 0 Å². The van der Waals surface area contributed by atoms with Crippen LogP contribution in [0.1, 0.15) is 28.5 Å². The van der Waals surface area contributed by atoms with E-state index in [1.165, 1.54) is 0 Å². The number of amides is 1. The summed E-state index contributed by atoms with van der Waals surface area (Å²) >= 11 is 0. The molecule has 154 valence electrons. The maximum absolute atomic E-state index is 13.3. The van der Waals surface area contributed by atoms with E-state index in [1.807, 2.05) is 39.8 Å². The first-order valence-corrected chi connectivity index (χ1v) is 10.5. The van der Waals surface area contributed by atoms with Crippen LogP contribution in [0.15, 0.2) is 65.8 Å². The van der Waals surface area contributed by atoms with Crippen molar-refractivity contribution in [1.82, 2.24) is 24.4 Å². The molecule has 2 bridgehead atoms. The minimum atomic E-state index is -0.00749. The first-order chi connectivity index (χ1) is 15.2. The number of hydrogen-bond donors (Lipinski definition) is 1. The first-order valence-electron chi connectivity index (χ1n) is 10.5. The Labute approximate surface area is 178 Å². The van der Waals surface area contributed by atoms with Gasteiger partial charge in [0.15, 0.2) is 0 Å². The molecule has 0 unspecified atom stereocenters. The lowest BCUT2D eigenvalue weighted by Crippen LogP contribution is -2.49. The number of aromatic nitrogens is 4. The average Bonchev–Trinajstić information content (AvgIpc) is 3.24. The minimum absolute atomic E-state index is 0.00749. The standard InChI is InChI=1S/C24H21N5O2/c30-22-10-18(17-4-1-5-25-11-17)9-21-19-7-15(13-29(21)22)12-28(14-19)24(31)20-8-16-3-2-6-26-23(16)27-20/h1-6,8-11,15,19H,7,12-14H2,(H,26,27)/t15-,19+/m0/s1. The quantitative estimate of drug-likeness (QED) is 0.550. The fraction of sp³-hybridized carbons (Fsp3) is 0.250. The number of nitrogens with zero attached hydrogens (tertiary/aromatic N) is 4. The van der Waals surface area contributed by atoms with Gasteiger partial charge in [0.25, 0.3) is 11.5 Å². The van der Waals surface area contributed by atoms with Crippen molar-refractivity contribution in [1.29, 1.82) is 0 Å². The lowest BCUT2D eigenvalue weighted by atomic mass is 9.82. The molecular formula is C24H21N5O2. The fourth-order valence-corrected chi connectivity index (χ4v) is 5.07. The van der Waals surface area contributed by atoms with Crippen LogP contribution in [-0.2, 0) is 6.54 Å². The van der Waals surface area contributed by atoms with Crippen molar-refractivity contribution in [2.75, 3.05) is 13.1 Å². The normalized spacial score (nSPS) is 19.9. The van der Waals surface area contributed by atoms with E-state index in [0.29, 0.717) is 25.3 Å². The number of carbonyl (C=O) groups excluding carboxylic acids is 1. The third kappa shape index (κ3) is 3.04. The lowest BCUT2D eigenvalue weighted by Gasteiger charge is -2.42. The Morgan fingerprint density at radius 3 is 2.77 bits per heavy atom. The summed E-state index contributed by atoms with van der Waals surface area (Å²) < 4.78 is 1.90. The molecular weight excluding hydrogens is 390 g/mol. The highest BCUT2D eigenvalue weighted by Crippen LogP contribution is 2.37. The number of carbonyl (C=O) groups is 1. The molecule has 7 heteroatoms. The van der Waals surface area contributed by atoms with Crippen molar-refractivity contribution in [3.8, 4) is 11.1 Å². The van der Waals surface area contributed by atoms with Gasteiger partial charge < -0.3 is 14.5 Å². The largest absolute Gasteiger partial charge is 0.336 e. The van der Waals surface area contributed by atoms with Crippen LogP contribution in [0.4, 0.5) is 0 Å². The van der Waals surface area contributed by atoms with Gasteiger partial charge >= 0.3 is 0 Å². The highest BCUT2D eigenvalue weighted by atomic mass is 16.2. The molecule has 4 aromatic heterocycles. The smallest absolute Gasteiger partial charge is 0.270 e. The Morgan fingerprint density at radius 2 is 1.94 bits per heavy atom. The van der Waals surface area contributed by atoms with Crippen LogP contribution in [-0.4, -0.2) is 43.4 Å². The Kier molecular flexibility index (Phi) is 4.02. The number of fused-ring (bicyclic) bond motifs is 5. The summed E-state index contributed by atoms with van der Waals surface area (Å²) in [5.74, 6) is 0.412. The molecule has 1 amide bonds. The second-order valence-corrected chi connectivity index (χ2v) is 8.49. The van der Waals surface area contributed by atoms with Gasteiger partial charge in [0.1, 0.15) is 11.3 Å². The summed E-state index contributed by atoms with van der Waals surface area (Å²) in [6, 6.07) is 13.3. The van der Waals surface area contributed by atoms with Crippen molar-refractivity contribution in [3.63, 3.8) is 0 Å². The molecule has 0 aromatic carbocycles. The van der Waals surface area contributed by atoms with Crippen molar-refractivity contribution in [3.05, 3.63) is 82.8 Å². The molecule has 0 radical (unpaired) electrons. The minimum Gasteiger partial charge on any atom is -0.336 e. The van der Waals surface area contributed by atoms with Gasteiger partial charge in [-0.2, -0.15) is 0 Å². The first kappa shape index (κ1) is 18.1. The van der Waals surface area contributed by atoms with Gasteiger partial charge in [-0.15, -0.1) is 0 Å². The van der Waals surface area contributed by atoms with Crippen LogP contribution in [0.3, 0.4) is 0 Å². The predicted molar refractivity (Wildman–Crippen MR) is 117 cm³/mol. The Hall–Kier alpha value is -3.74. The van der Waals surface area contributed by atoms with Crippen molar-refractivity contribution < 1.29 is 4.79 Å². The Morgan fingerprint density at radius 1 is 1.03 bits per heavy atom. The summed E-state index contributed by atoms with van der Waals surface area (Å²) in [4.78, 5) is 39.7. The van der Waals surface area contributed by atoms with Gasteiger partial charge in [0, 0.05) is 66.9 Å². The fourth-order valence-electron chi connectivity index (χ4n) is 5.07. The lowest BCUT2D eigenvalue weighted by molar-refractivity contribution is 0.0590. The van der Waals surface area contributed by atoms with Crippen LogP contribution >= 0.6 is 0 Å². The monoisotopic (exact) mass is 411 g/mol. The zero-order chi connectivity index (χ0) is 20.9. The van der Waals surface area contributed by atoms with Crippen LogP contribution in [0, 0.1) is 5.92 Å². The van der Waals surface area contributed by atoms with E-state index in [9.17, 15) is 9.59 Å². The molecule has 1 N–H and O–H groups in total. The third-order valence-electron chi connectivity index (χ3n) is 6.46. The molecule has 0 spiro atoms. The van der Waals surface area contributed by atoms with Gasteiger partial charge in [0.05, 0.1) is 0 Å². The van der Waals surface area contributed by atoms with Gasteiger partial charge in [-0.25, -0.2) is 4.98 Å². The van der Waals surface area contributed by atoms with Crippen molar-refractivity contribution >= 4 is 16.9 Å². The molecule has 2 aliphatic heterocycles. The number of nitrogens with one attached hydrogen (secondary N) is 1. The van der Waals surface area contributed by atoms with E-state index >= 15 is 0 Å². The Bertz CT molecular complexity index is 1320. The number of aromatic amines is 1. The van der Waals surface area contributed by atoms with Crippen LogP contribution in [0.2, 0.25) is 0 Å². The topological polar surface area (TPSA) is 83.9 Å². The third-order valence-corrected chi connectivity index (χ3v) is 6.46. The average molecular weight is 411 g/mol. The maximum atomic E-state index is 13.3. The van der Waals surface area contributed by atoms with E-state index in [-0.39, 0.29) is 23.3 Å². The number of pyridine rings is 3. The molecule has 6 rings (SSSR count). The summed E-state index contributed by atoms with van der Waals surface area (Å²) in [6.45, 7) is 1.92. The molecule has 1 saturated heterocycles. The Balaban J connectivity index is 1.34. The van der Waals surface area contributed by atoms with Crippen LogP contribution in [0.5, 0.6) is 0 Å². The van der Waals surface area contributed by atoms with Crippen LogP contribution < -0.4 is 5.56 Å².